The minimum Gasteiger partial charge on any atom is -0.316 e. The summed E-state index contributed by atoms with van der Waals surface area (Å²) in [7, 11) is 0. The summed E-state index contributed by atoms with van der Waals surface area (Å²) in [6.45, 7) is 6.60. The summed E-state index contributed by atoms with van der Waals surface area (Å²) in [6, 6.07) is 6.14. The van der Waals surface area contributed by atoms with Crippen molar-refractivity contribution in [2.75, 3.05) is 13.1 Å². The smallest absolute Gasteiger partial charge is 0.0595 e. The Labute approximate surface area is 126 Å². The van der Waals surface area contributed by atoms with Crippen molar-refractivity contribution in [3.63, 3.8) is 0 Å². The van der Waals surface area contributed by atoms with Crippen molar-refractivity contribution in [3.8, 4) is 0 Å². The van der Waals surface area contributed by atoms with E-state index in [2.05, 4.69) is 31.3 Å². The van der Waals surface area contributed by atoms with Crippen LogP contribution >= 0.6 is 23.2 Å². The highest BCUT2D eigenvalue weighted by atomic mass is 35.5. The van der Waals surface area contributed by atoms with Gasteiger partial charge in [0.15, 0.2) is 0 Å². The normalized spacial score (nSPS) is 18.2. The Bertz CT molecular complexity index is 423. The van der Waals surface area contributed by atoms with Gasteiger partial charge in [-0.3, -0.25) is 0 Å². The maximum atomic E-state index is 6.19. The van der Waals surface area contributed by atoms with E-state index in [0.29, 0.717) is 16.0 Å². The molecule has 3 heteroatoms. The summed E-state index contributed by atoms with van der Waals surface area (Å²) in [4.78, 5) is 0. The van der Waals surface area contributed by atoms with Crippen molar-refractivity contribution >= 4 is 23.2 Å². The van der Waals surface area contributed by atoms with Gasteiger partial charge in [0, 0.05) is 12.0 Å². The molecule has 1 fully saturated rings. The van der Waals surface area contributed by atoms with E-state index in [4.69, 9.17) is 23.2 Å². The Balaban J connectivity index is 2.16. The van der Waals surface area contributed by atoms with Crippen molar-refractivity contribution in [2.24, 2.45) is 5.92 Å². The van der Waals surface area contributed by atoms with Crippen molar-refractivity contribution in [2.45, 2.75) is 44.9 Å². The van der Waals surface area contributed by atoms with Gasteiger partial charge in [-0.2, -0.15) is 0 Å². The zero-order valence-corrected chi connectivity index (χ0v) is 13.3. The number of nitrogens with one attached hydrogen (secondary N) is 1. The number of benzene rings is 1. The van der Waals surface area contributed by atoms with E-state index in [-0.39, 0.29) is 5.41 Å². The molecule has 0 saturated heterocycles. The SMILES string of the molecule is CC(C)CNCC1(c2ccc(Cl)c(Cl)c2)CCCC1. The fourth-order valence-electron chi connectivity index (χ4n) is 3.05. The largest absolute Gasteiger partial charge is 0.316 e. The molecule has 1 aromatic rings. The molecule has 0 aromatic heterocycles. The molecule has 0 heterocycles. The third-order valence-corrected chi connectivity index (χ3v) is 4.85. The average molecular weight is 300 g/mol. The molecule has 1 aliphatic rings. The van der Waals surface area contributed by atoms with Crippen LogP contribution < -0.4 is 5.32 Å². The summed E-state index contributed by atoms with van der Waals surface area (Å²) >= 11 is 12.2. The Morgan fingerprint density at radius 1 is 1.16 bits per heavy atom. The van der Waals surface area contributed by atoms with Gasteiger partial charge in [0.05, 0.1) is 10.0 Å². The van der Waals surface area contributed by atoms with Crippen LogP contribution in [0, 0.1) is 5.92 Å². The lowest BCUT2D eigenvalue weighted by Crippen LogP contribution is -2.37. The molecular weight excluding hydrogens is 277 g/mol. The summed E-state index contributed by atoms with van der Waals surface area (Å²) in [5, 5.41) is 4.95. The molecule has 1 aliphatic carbocycles. The predicted octanol–water partition coefficient (Wildman–Crippen LogP) is 5.05. The first-order valence-electron chi connectivity index (χ1n) is 7.20. The third-order valence-electron chi connectivity index (χ3n) is 4.11. The molecule has 106 valence electrons. The van der Waals surface area contributed by atoms with Gasteiger partial charge in [-0.05, 0) is 43.0 Å². The molecule has 1 saturated carbocycles. The maximum absolute atomic E-state index is 6.19. The molecule has 0 spiro atoms. The lowest BCUT2D eigenvalue weighted by molar-refractivity contribution is 0.391. The van der Waals surface area contributed by atoms with Crippen molar-refractivity contribution < 1.29 is 0 Å². The fourth-order valence-corrected chi connectivity index (χ4v) is 3.34. The van der Waals surface area contributed by atoms with Gasteiger partial charge in [0.1, 0.15) is 0 Å². The van der Waals surface area contributed by atoms with E-state index >= 15 is 0 Å². The van der Waals surface area contributed by atoms with E-state index in [1.54, 1.807) is 0 Å². The fraction of sp³-hybridized carbons (Fsp3) is 0.625. The van der Waals surface area contributed by atoms with E-state index in [1.165, 1.54) is 31.2 Å². The first-order chi connectivity index (χ1) is 9.03. The van der Waals surface area contributed by atoms with Crippen molar-refractivity contribution in [1.29, 1.82) is 0 Å². The number of rotatable bonds is 5. The molecule has 19 heavy (non-hydrogen) atoms. The van der Waals surface area contributed by atoms with Crippen LogP contribution in [0.4, 0.5) is 0 Å². The topological polar surface area (TPSA) is 12.0 Å². The standard InChI is InChI=1S/C16H23Cl2N/c1-12(2)10-19-11-16(7-3-4-8-16)13-5-6-14(17)15(18)9-13/h5-6,9,12,19H,3-4,7-8,10-11H2,1-2H3. The van der Waals surface area contributed by atoms with Crippen LogP contribution in [0.25, 0.3) is 0 Å². The van der Waals surface area contributed by atoms with Crippen LogP contribution in [0.5, 0.6) is 0 Å². The van der Waals surface area contributed by atoms with Crippen LogP contribution in [0.3, 0.4) is 0 Å². The molecule has 2 rings (SSSR count). The second-order valence-electron chi connectivity index (χ2n) is 6.14. The predicted molar refractivity (Wildman–Crippen MR) is 84.3 cm³/mol. The molecule has 0 aliphatic heterocycles. The van der Waals surface area contributed by atoms with E-state index < -0.39 is 0 Å². The summed E-state index contributed by atoms with van der Waals surface area (Å²) < 4.78 is 0. The first-order valence-corrected chi connectivity index (χ1v) is 7.95. The highest BCUT2D eigenvalue weighted by Crippen LogP contribution is 2.42. The quantitative estimate of drug-likeness (QED) is 0.802. The Morgan fingerprint density at radius 3 is 2.42 bits per heavy atom. The minimum atomic E-state index is 0.253. The Hall–Kier alpha value is -0.240. The Morgan fingerprint density at radius 2 is 1.84 bits per heavy atom. The summed E-state index contributed by atoms with van der Waals surface area (Å²) in [6.07, 6.45) is 5.11. The van der Waals surface area contributed by atoms with Gasteiger partial charge in [-0.1, -0.05) is 56.0 Å². The van der Waals surface area contributed by atoms with E-state index in [0.717, 1.165) is 13.1 Å². The molecule has 1 aromatic carbocycles. The lowest BCUT2D eigenvalue weighted by atomic mass is 9.78. The summed E-state index contributed by atoms with van der Waals surface area (Å²) in [5.74, 6) is 0.687. The van der Waals surface area contributed by atoms with Gasteiger partial charge in [0.25, 0.3) is 0 Å². The van der Waals surface area contributed by atoms with Gasteiger partial charge >= 0.3 is 0 Å². The van der Waals surface area contributed by atoms with E-state index in [9.17, 15) is 0 Å². The first kappa shape index (κ1) is 15.2. The van der Waals surface area contributed by atoms with Crippen molar-refractivity contribution in [1.82, 2.24) is 5.32 Å². The number of halogens is 2. The van der Waals surface area contributed by atoms with E-state index in [1.807, 2.05) is 6.07 Å². The van der Waals surface area contributed by atoms with Gasteiger partial charge in [0.2, 0.25) is 0 Å². The van der Waals surface area contributed by atoms with Crippen LogP contribution in [-0.4, -0.2) is 13.1 Å². The van der Waals surface area contributed by atoms with Crippen LogP contribution in [0.15, 0.2) is 18.2 Å². The maximum Gasteiger partial charge on any atom is 0.0595 e. The Kier molecular flexibility index (Phi) is 5.16. The molecule has 0 amide bonds. The highest BCUT2D eigenvalue weighted by Gasteiger charge is 2.35. The van der Waals surface area contributed by atoms with Crippen LogP contribution in [-0.2, 0) is 5.41 Å². The second kappa shape index (κ2) is 6.47. The molecular formula is C16H23Cl2N. The molecule has 0 unspecified atom stereocenters. The monoisotopic (exact) mass is 299 g/mol. The van der Waals surface area contributed by atoms with Crippen LogP contribution in [0.2, 0.25) is 10.0 Å². The zero-order valence-electron chi connectivity index (χ0n) is 11.8. The van der Waals surface area contributed by atoms with Crippen molar-refractivity contribution in [3.05, 3.63) is 33.8 Å². The third kappa shape index (κ3) is 3.65. The van der Waals surface area contributed by atoms with Gasteiger partial charge in [-0.25, -0.2) is 0 Å². The molecule has 1 nitrogen and oxygen atoms in total. The molecule has 0 bridgehead atoms. The highest BCUT2D eigenvalue weighted by molar-refractivity contribution is 6.42. The van der Waals surface area contributed by atoms with Gasteiger partial charge in [-0.15, -0.1) is 0 Å². The second-order valence-corrected chi connectivity index (χ2v) is 6.96. The molecule has 1 N–H and O–H groups in total. The number of hydrogen-bond acceptors (Lipinski definition) is 1. The molecule has 0 radical (unpaired) electrons. The summed E-state index contributed by atoms with van der Waals surface area (Å²) in [5.41, 5.74) is 1.60. The number of hydrogen-bond donors (Lipinski definition) is 1. The van der Waals surface area contributed by atoms with Gasteiger partial charge < -0.3 is 5.32 Å². The lowest BCUT2D eigenvalue weighted by Gasteiger charge is -2.31. The molecule has 0 atom stereocenters. The zero-order chi connectivity index (χ0) is 13.9. The van der Waals surface area contributed by atoms with Crippen LogP contribution in [0.1, 0.15) is 45.1 Å². The average Bonchev–Trinajstić information content (AvgIpc) is 2.82. The minimum absolute atomic E-state index is 0.253.